The molecule has 1 N–H and O–H groups in total. The van der Waals surface area contributed by atoms with Crippen LogP contribution in [-0.4, -0.2) is 17.0 Å². The summed E-state index contributed by atoms with van der Waals surface area (Å²) < 4.78 is 0. The summed E-state index contributed by atoms with van der Waals surface area (Å²) in [5.74, 6) is 2.06. The molecular formula is C22H26N4. The van der Waals surface area contributed by atoms with E-state index < -0.39 is 0 Å². The Hall–Kier alpha value is -2.88. The molecule has 0 saturated heterocycles. The highest BCUT2D eigenvalue weighted by molar-refractivity contribution is 5.58. The van der Waals surface area contributed by atoms with Crippen LogP contribution in [0.2, 0.25) is 0 Å². The van der Waals surface area contributed by atoms with E-state index in [4.69, 9.17) is 0 Å². The molecule has 0 fully saturated rings. The van der Waals surface area contributed by atoms with Crippen molar-refractivity contribution in [3.63, 3.8) is 0 Å². The molecule has 0 unspecified atom stereocenters. The van der Waals surface area contributed by atoms with E-state index in [2.05, 4.69) is 70.4 Å². The van der Waals surface area contributed by atoms with Gasteiger partial charge in [-0.25, -0.2) is 4.98 Å². The highest BCUT2D eigenvalue weighted by Crippen LogP contribution is 2.21. The average Bonchev–Trinajstić information content (AvgIpc) is 2.62. The predicted molar refractivity (Wildman–Crippen MR) is 109 cm³/mol. The molecule has 0 amide bonds. The standard InChI is InChI=1S/C22H26N4/c1-16(2)19-10-12-20(13-11-19)24-21-14-17(3)23-22(25-21)26(4)15-18-8-6-5-7-9-18/h5-14,16H,15H2,1-4H3,(H,23,24,25). The van der Waals surface area contributed by atoms with E-state index in [0.29, 0.717) is 5.92 Å². The summed E-state index contributed by atoms with van der Waals surface area (Å²) in [5.41, 5.74) is 4.54. The third kappa shape index (κ3) is 4.60. The normalized spacial score (nSPS) is 10.8. The lowest BCUT2D eigenvalue weighted by atomic mass is 10.0. The molecule has 3 aromatic rings. The van der Waals surface area contributed by atoms with Crippen molar-refractivity contribution < 1.29 is 0 Å². The third-order valence-corrected chi connectivity index (χ3v) is 4.30. The molecule has 1 heterocycles. The molecule has 0 bridgehead atoms. The van der Waals surface area contributed by atoms with Crippen molar-refractivity contribution in [2.24, 2.45) is 0 Å². The molecule has 0 saturated carbocycles. The van der Waals surface area contributed by atoms with Crippen LogP contribution in [0.3, 0.4) is 0 Å². The van der Waals surface area contributed by atoms with Crippen LogP contribution in [0, 0.1) is 6.92 Å². The Bertz CT molecular complexity index is 842. The zero-order valence-corrected chi connectivity index (χ0v) is 15.9. The molecule has 3 rings (SSSR count). The second kappa shape index (κ2) is 8.00. The van der Waals surface area contributed by atoms with Crippen molar-refractivity contribution in [2.75, 3.05) is 17.3 Å². The maximum Gasteiger partial charge on any atom is 0.227 e. The monoisotopic (exact) mass is 346 g/mol. The van der Waals surface area contributed by atoms with E-state index in [0.717, 1.165) is 29.7 Å². The molecule has 4 nitrogen and oxygen atoms in total. The number of rotatable bonds is 6. The first-order chi connectivity index (χ1) is 12.5. The minimum atomic E-state index is 0.531. The van der Waals surface area contributed by atoms with Crippen molar-refractivity contribution in [2.45, 2.75) is 33.2 Å². The van der Waals surface area contributed by atoms with Gasteiger partial charge in [0.15, 0.2) is 0 Å². The molecule has 134 valence electrons. The van der Waals surface area contributed by atoms with Gasteiger partial charge in [-0.05, 0) is 36.1 Å². The van der Waals surface area contributed by atoms with Crippen molar-refractivity contribution in [3.05, 3.63) is 77.5 Å². The van der Waals surface area contributed by atoms with Gasteiger partial charge in [-0.3, -0.25) is 0 Å². The summed E-state index contributed by atoms with van der Waals surface area (Å²) in [6.45, 7) is 7.16. The van der Waals surface area contributed by atoms with Crippen LogP contribution in [0.1, 0.15) is 36.6 Å². The maximum absolute atomic E-state index is 4.69. The van der Waals surface area contributed by atoms with Gasteiger partial charge in [0.1, 0.15) is 5.82 Å². The molecule has 0 aliphatic heterocycles. The minimum absolute atomic E-state index is 0.531. The minimum Gasteiger partial charge on any atom is -0.340 e. The Balaban J connectivity index is 1.76. The summed E-state index contributed by atoms with van der Waals surface area (Å²) in [4.78, 5) is 11.3. The van der Waals surface area contributed by atoms with Crippen molar-refractivity contribution >= 4 is 17.5 Å². The molecule has 26 heavy (non-hydrogen) atoms. The summed E-state index contributed by atoms with van der Waals surface area (Å²) >= 11 is 0. The number of nitrogens with one attached hydrogen (secondary N) is 1. The lowest BCUT2D eigenvalue weighted by Crippen LogP contribution is -2.19. The van der Waals surface area contributed by atoms with Crippen LogP contribution >= 0.6 is 0 Å². The highest BCUT2D eigenvalue weighted by atomic mass is 15.2. The van der Waals surface area contributed by atoms with Gasteiger partial charge in [-0.2, -0.15) is 4.98 Å². The lowest BCUT2D eigenvalue weighted by molar-refractivity contribution is 0.861. The number of hydrogen-bond acceptors (Lipinski definition) is 4. The maximum atomic E-state index is 4.69. The quantitative estimate of drug-likeness (QED) is 0.658. The SMILES string of the molecule is Cc1cc(Nc2ccc(C(C)C)cc2)nc(N(C)Cc2ccccc2)n1. The van der Waals surface area contributed by atoms with Gasteiger partial charge in [0.2, 0.25) is 5.95 Å². The first-order valence-corrected chi connectivity index (χ1v) is 8.99. The van der Waals surface area contributed by atoms with Crippen LogP contribution in [-0.2, 0) is 6.54 Å². The Kier molecular flexibility index (Phi) is 5.52. The van der Waals surface area contributed by atoms with Gasteiger partial charge in [-0.15, -0.1) is 0 Å². The van der Waals surface area contributed by atoms with E-state index in [-0.39, 0.29) is 0 Å². The van der Waals surface area contributed by atoms with Gasteiger partial charge in [0.25, 0.3) is 0 Å². The van der Waals surface area contributed by atoms with Crippen molar-refractivity contribution in [3.8, 4) is 0 Å². The molecule has 0 spiro atoms. The number of nitrogens with zero attached hydrogens (tertiary/aromatic N) is 3. The first kappa shape index (κ1) is 17.9. The zero-order chi connectivity index (χ0) is 18.5. The third-order valence-electron chi connectivity index (χ3n) is 4.30. The second-order valence-corrected chi connectivity index (χ2v) is 6.94. The Morgan fingerprint density at radius 3 is 2.31 bits per heavy atom. The molecule has 0 aliphatic carbocycles. The molecule has 0 radical (unpaired) electrons. The molecular weight excluding hydrogens is 320 g/mol. The van der Waals surface area contributed by atoms with Crippen molar-refractivity contribution in [1.29, 1.82) is 0 Å². The highest BCUT2D eigenvalue weighted by Gasteiger charge is 2.09. The van der Waals surface area contributed by atoms with Gasteiger partial charge in [-0.1, -0.05) is 56.3 Å². The smallest absolute Gasteiger partial charge is 0.227 e. The molecule has 2 aromatic carbocycles. The topological polar surface area (TPSA) is 41.1 Å². The van der Waals surface area contributed by atoms with Crippen LogP contribution < -0.4 is 10.2 Å². The van der Waals surface area contributed by atoms with E-state index >= 15 is 0 Å². The average molecular weight is 346 g/mol. The van der Waals surface area contributed by atoms with Crippen LogP contribution in [0.5, 0.6) is 0 Å². The largest absolute Gasteiger partial charge is 0.340 e. The van der Waals surface area contributed by atoms with E-state index in [9.17, 15) is 0 Å². The van der Waals surface area contributed by atoms with Crippen molar-refractivity contribution in [1.82, 2.24) is 9.97 Å². The Morgan fingerprint density at radius 2 is 1.65 bits per heavy atom. The number of hydrogen-bond donors (Lipinski definition) is 1. The number of aromatic nitrogens is 2. The molecule has 0 atom stereocenters. The van der Waals surface area contributed by atoms with Crippen LogP contribution in [0.25, 0.3) is 0 Å². The fraction of sp³-hybridized carbons (Fsp3) is 0.273. The van der Waals surface area contributed by atoms with Gasteiger partial charge >= 0.3 is 0 Å². The summed E-state index contributed by atoms with van der Waals surface area (Å²) in [6.07, 6.45) is 0. The second-order valence-electron chi connectivity index (χ2n) is 6.94. The summed E-state index contributed by atoms with van der Waals surface area (Å²) in [5, 5.41) is 3.39. The first-order valence-electron chi connectivity index (χ1n) is 8.99. The van der Waals surface area contributed by atoms with E-state index in [1.54, 1.807) is 0 Å². The van der Waals surface area contributed by atoms with E-state index in [1.807, 2.05) is 38.2 Å². The van der Waals surface area contributed by atoms with Gasteiger partial charge in [0, 0.05) is 31.0 Å². The number of anilines is 3. The molecule has 1 aromatic heterocycles. The lowest BCUT2D eigenvalue weighted by Gasteiger charge is -2.19. The van der Waals surface area contributed by atoms with Gasteiger partial charge in [0.05, 0.1) is 0 Å². The Labute approximate surface area is 155 Å². The van der Waals surface area contributed by atoms with E-state index in [1.165, 1.54) is 11.1 Å². The van der Waals surface area contributed by atoms with Gasteiger partial charge < -0.3 is 10.2 Å². The summed E-state index contributed by atoms with van der Waals surface area (Å²) in [6, 6.07) is 20.8. The Morgan fingerprint density at radius 1 is 0.962 bits per heavy atom. The number of aryl methyl sites for hydroxylation is 1. The fourth-order valence-electron chi connectivity index (χ4n) is 2.81. The molecule has 0 aliphatic rings. The van der Waals surface area contributed by atoms with Crippen LogP contribution in [0.4, 0.5) is 17.5 Å². The number of benzene rings is 2. The molecule has 4 heteroatoms. The summed E-state index contributed by atoms with van der Waals surface area (Å²) in [7, 11) is 2.02. The fourth-order valence-corrected chi connectivity index (χ4v) is 2.81. The van der Waals surface area contributed by atoms with Crippen LogP contribution in [0.15, 0.2) is 60.7 Å². The zero-order valence-electron chi connectivity index (χ0n) is 15.9. The predicted octanol–water partition coefficient (Wildman–Crippen LogP) is 5.29.